The van der Waals surface area contributed by atoms with E-state index in [1.54, 1.807) is 0 Å². The second-order valence-electron chi connectivity index (χ2n) is 4.59. The van der Waals surface area contributed by atoms with Crippen molar-refractivity contribution in [1.29, 1.82) is 0 Å². The Kier molecular flexibility index (Phi) is 3.04. The first-order valence-corrected chi connectivity index (χ1v) is 6.40. The minimum atomic E-state index is 1.05. The lowest BCUT2D eigenvalue weighted by Crippen LogP contribution is -1.85. The SMILES string of the molecule is Cc1ccc2ccccc2c1C#Cc1ccccc1. The summed E-state index contributed by atoms with van der Waals surface area (Å²) in [6.07, 6.45) is 0. The van der Waals surface area contributed by atoms with Crippen LogP contribution in [0, 0.1) is 18.8 Å². The van der Waals surface area contributed by atoms with E-state index < -0.39 is 0 Å². The number of aryl methyl sites for hydroxylation is 1. The molecular weight excluding hydrogens is 228 g/mol. The average molecular weight is 242 g/mol. The van der Waals surface area contributed by atoms with Gasteiger partial charge in [-0.2, -0.15) is 0 Å². The van der Waals surface area contributed by atoms with Crippen molar-refractivity contribution < 1.29 is 0 Å². The second-order valence-corrected chi connectivity index (χ2v) is 4.59. The first-order chi connectivity index (χ1) is 9.34. The zero-order chi connectivity index (χ0) is 13.1. The quantitative estimate of drug-likeness (QED) is 0.507. The molecule has 0 saturated carbocycles. The van der Waals surface area contributed by atoms with Crippen LogP contribution in [0.1, 0.15) is 16.7 Å². The molecule has 0 aliphatic carbocycles. The summed E-state index contributed by atoms with van der Waals surface area (Å²) in [5.74, 6) is 6.57. The van der Waals surface area contributed by atoms with E-state index in [-0.39, 0.29) is 0 Å². The van der Waals surface area contributed by atoms with Crippen molar-refractivity contribution in [2.45, 2.75) is 6.92 Å². The summed E-state index contributed by atoms with van der Waals surface area (Å²) in [6, 6.07) is 22.8. The summed E-state index contributed by atoms with van der Waals surface area (Å²) in [5.41, 5.74) is 3.40. The van der Waals surface area contributed by atoms with Gasteiger partial charge < -0.3 is 0 Å². The molecule has 90 valence electrons. The van der Waals surface area contributed by atoms with E-state index in [0.717, 1.165) is 11.1 Å². The number of rotatable bonds is 0. The lowest BCUT2D eigenvalue weighted by Gasteiger charge is -2.04. The van der Waals surface area contributed by atoms with Crippen LogP contribution in [0.3, 0.4) is 0 Å². The van der Waals surface area contributed by atoms with E-state index in [2.05, 4.69) is 55.2 Å². The topological polar surface area (TPSA) is 0 Å². The molecule has 0 heteroatoms. The zero-order valence-electron chi connectivity index (χ0n) is 10.9. The number of hydrogen-bond donors (Lipinski definition) is 0. The van der Waals surface area contributed by atoms with Gasteiger partial charge in [0.1, 0.15) is 0 Å². The first-order valence-electron chi connectivity index (χ1n) is 6.40. The molecule has 0 atom stereocenters. The van der Waals surface area contributed by atoms with Crippen molar-refractivity contribution in [2.75, 3.05) is 0 Å². The molecule has 19 heavy (non-hydrogen) atoms. The van der Waals surface area contributed by atoms with Gasteiger partial charge in [0, 0.05) is 11.1 Å². The Hall–Kier alpha value is -2.52. The van der Waals surface area contributed by atoms with E-state index in [1.807, 2.05) is 30.3 Å². The first kappa shape index (κ1) is 11.6. The Morgan fingerprint density at radius 1 is 0.684 bits per heavy atom. The fourth-order valence-corrected chi connectivity index (χ4v) is 2.20. The Morgan fingerprint density at radius 3 is 2.26 bits per heavy atom. The maximum atomic E-state index is 3.32. The fourth-order valence-electron chi connectivity index (χ4n) is 2.20. The summed E-state index contributed by atoms with van der Waals surface area (Å²) >= 11 is 0. The van der Waals surface area contributed by atoms with Crippen molar-refractivity contribution in [3.8, 4) is 11.8 Å². The maximum Gasteiger partial charge on any atom is 0.0356 e. The maximum absolute atomic E-state index is 3.32. The lowest BCUT2D eigenvalue weighted by atomic mass is 10.00. The minimum absolute atomic E-state index is 1.05. The number of benzene rings is 3. The smallest absolute Gasteiger partial charge is 0.0356 e. The van der Waals surface area contributed by atoms with Crippen LogP contribution in [0.4, 0.5) is 0 Å². The van der Waals surface area contributed by atoms with Crippen LogP contribution in [-0.2, 0) is 0 Å². The Balaban J connectivity index is 2.16. The van der Waals surface area contributed by atoms with Gasteiger partial charge in [-0.1, -0.05) is 66.4 Å². The van der Waals surface area contributed by atoms with Gasteiger partial charge in [0.05, 0.1) is 0 Å². The molecule has 3 aromatic rings. The third kappa shape index (κ3) is 2.37. The molecule has 0 bridgehead atoms. The lowest BCUT2D eigenvalue weighted by molar-refractivity contribution is 1.47. The molecule has 0 fully saturated rings. The van der Waals surface area contributed by atoms with Crippen LogP contribution in [0.2, 0.25) is 0 Å². The van der Waals surface area contributed by atoms with Gasteiger partial charge in [0.15, 0.2) is 0 Å². The highest BCUT2D eigenvalue weighted by Gasteiger charge is 2.01. The van der Waals surface area contributed by atoms with Crippen molar-refractivity contribution in [3.05, 3.63) is 83.4 Å². The third-order valence-electron chi connectivity index (χ3n) is 3.24. The highest BCUT2D eigenvalue weighted by molar-refractivity contribution is 5.89. The molecular formula is C19H14. The number of hydrogen-bond acceptors (Lipinski definition) is 0. The molecule has 0 radical (unpaired) electrons. The molecule has 0 nitrogen and oxygen atoms in total. The minimum Gasteiger partial charge on any atom is -0.0622 e. The molecule has 0 aromatic heterocycles. The molecule has 0 spiro atoms. The molecule has 0 aliphatic heterocycles. The molecule has 0 unspecified atom stereocenters. The molecule has 0 saturated heterocycles. The average Bonchev–Trinajstić information content (AvgIpc) is 2.47. The van der Waals surface area contributed by atoms with E-state index in [1.165, 1.54) is 16.3 Å². The summed E-state index contributed by atoms with van der Waals surface area (Å²) < 4.78 is 0. The van der Waals surface area contributed by atoms with E-state index in [0.29, 0.717) is 0 Å². The highest BCUT2D eigenvalue weighted by Crippen LogP contribution is 2.21. The summed E-state index contributed by atoms with van der Waals surface area (Å²) in [4.78, 5) is 0. The normalized spacial score (nSPS) is 9.95. The summed E-state index contributed by atoms with van der Waals surface area (Å²) in [7, 11) is 0. The van der Waals surface area contributed by atoms with Gasteiger partial charge in [0.25, 0.3) is 0 Å². The van der Waals surface area contributed by atoms with Crippen LogP contribution in [0.5, 0.6) is 0 Å². The van der Waals surface area contributed by atoms with Gasteiger partial charge >= 0.3 is 0 Å². The van der Waals surface area contributed by atoms with E-state index >= 15 is 0 Å². The third-order valence-corrected chi connectivity index (χ3v) is 3.24. The monoisotopic (exact) mass is 242 g/mol. The Bertz CT molecular complexity index is 771. The molecule has 0 heterocycles. The van der Waals surface area contributed by atoms with E-state index in [9.17, 15) is 0 Å². The van der Waals surface area contributed by atoms with Crippen molar-refractivity contribution in [2.24, 2.45) is 0 Å². The molecule has 0 N–H and O–H groups in total. The van der Waals surface area contributed by atoms with Crippen LogP contribution in [0.25, 0.3) is 10.8 Å². The fraction of sp³-hybridized carbons (Fsp3) is 0.0526. The van der Waals surface area contributed by atoms with Crippen LogP contribution in [0.15, 0.2) is 66.7 Å². The summed E-state index contributed by atoms with van der Waals surface area (Å²) in [6.45, 7) is 2.11. The Morgan fingerprint density at radius 2 is 1.42 bits per heavy atom. The summed E-state index contributed by atoms with van der Waals surface area (Å²) in [5, 5.41) is 2.47. The van der Waals surface area contributed by atoms with Crippen LogP contribution in [-0.4, -0.2) is 0 Å². The van der Waals surface area contributed by atoms with Crippen molar-refractivity contribution >= 4 is 10.8 Å². The van der Waals surface area contributed by atoms with Gasteiger partial charge in [-0.3, -0.25) is 0 Å². The largest absolute Gasteiger partial charge is 0.0622 e. The van der Waals surface area contributed by atoms with Crippen LogP contribution < -0.4 is 0 Å². The van der Waals surface area contributed by atoms with Crippen LogP contribution >= 0.6 is 0 Å². The van der Waals surface area contributed by atoms with Gasteiger partial charge in [-0.15, -0.1) is 0 Å². The van der Waals surface area contributed by atoms with Gasteiger partial charge in [-0.25, -0.2) is 0 Å². The van der Waals surface area contributed by atoms with Gasteiger partial charge in [-0.05, 0) is 35.4 Å². The predicted molar refractivity (Wildman–Crippen MR) is 81.1 cm³/mol. The standard InChI is InChI=1S/C19H14/c1-15-11-13-17-9-5-6-10-19(17)18(15)14-12-16-7-3-2-4-8-16/h2-11,13H,1H3. The number of fused-ring (bicyclic) bond motifs is 1. The van der Waals surface area contributed by atoms with Crippen molar-refractivity contribution in [3.63, 3.8) is 0 Å². The molecule has 0 aliphatic rings. The van der Waals surface area contributed by atoms with E-state index in [4.69, 9.17) is 0 Å². The zero-order valence-corrected chi connectivity index (χ0v) is 10.9. The highest BCUT2D eigenvalue weighted by atomic mass is 14.0. The van der Waals surface area contributed by atoms with Gasteiger partial charge in [0.2, 0.25) is 0 Å². The molecule has 0 amide bonds. The molecule has 3 rings (SSSR count). The second kappa shape index (κ2) is 5.00. The van der Waals surface area contributed by atoms with Crippen molar-refractivity contribution in [1.82, 2.24) is 0 Å². The predicted octanol–water partition coefficient (Wildman–Crippen LogP) is 4.55. The molecule has 3 aromatic carbocycles. The Labute approximate surface area is 113 Å².